The summed E-state index contributed by atoms with van der Waals surface area (Å²) in [4.78, 5) is 12.0. The Morgan fingerprint density at radius 1 is 1.44 bits per heavy atom. The molecule has 0 aliphatic heterocycles. The van der Waals surface area contributed by atoms with Gasteiger partial charge >= 0.3 is 0 Å². The predicted octanol–water partition coefficient (Wildman–Crippen LogP) is 2.19. The lowest BCUT2D eigenvalue weighted by Gasteiger charge is -2.15. The predicted molar refractivity (Wildman–Crippen MR) is 74.1 cm³/mol. The second kappa shape index (κ2) is 7.01. The molecule has 1 aromatic rings. The van der Waals surface area contributed by atoms with Crippen LogP contribution in [0.5, 0.6) is 5.75 Å². The number of ether oxygens (including phenoxy) is 1. The van der Waals surface area contributed by atoms with E-state index < -0.39 is 0 Å². The number of amides is 1. The first-order valence-corrected chi connectivity index (χ1v) is 6.22. The van der Waals surface area contributed by atoms with E-state index in [0.29, 0.717) is 6.54 Å². The SMILES string of the molecule is CCC(CNC)C(=O)Nc1ccc(OC)c(C)c1. The van der Waals surface area contributed by atoms with Gasteiger partial charge in [0.2, 0.25) is 5.91 Å². The van der Waals surface area contributed by atoms with Gasteiger partial charge in [-0.1, -0.05) is 6.92 Å². The summed E-state index contributed by atoms with van der Waals surface area (Å²) < 4.78 is 5.19. The Bertz CT molecular complexity index is 405. The molecular weight excluding hydrogens is 228 g/mol. The second-order valence-corrected chi connectivity index (χ2v) is 4.34. The van der Waals surface area contributed by atoms with Crippen LogP contribution < -0.4 is 15.4 Å². The summed E-state index contributed by atoms with van der Waals surface area (Å²) >= 11 is 0. The Kier molecular flexibility index (Phi) is 5.65. The van der Waals surface area contributed by atoms with Gasteiger partial charge in [-0.2, -0.15) is 0 Å². The van der Waals surface area contributed by atoms with Gasteiger partial charge in [-0.15, -0.1) is 0 Å². The number of carbonyl (C=O) groups excluding carboxylic acids is 1. The molecule has 1 aromatic carbocycles. The minimum atomic E-state index is -0.00240. The zero-order valence-electron chi connectivity index (χ0n) is 11.5. The van der Waals surface area contributed by atoms with Gasteiger partial charge in [-0.25, -0.2) is 0 Å². The van der Waals surface area contributed by atoms with Crippen molar-refractivity contribution in [2.45, 2.75) is 20.3 Å². The highest BCUT2D eigenvalue weighted by molar-refractivity contribution is 5.92. The van der Waals surface area contributed by atoms with Crippen LogP contribution in [-0.4, -0.2) is 26.6 Å². The van der Waals surface area contributed by atoms with E-state index in [0.717, 1.165) is 23.4 Å². The molecular formula is C14H22N2O2. The molecule has 18 heavy (non-hydrogen) atoms. The maximum absolute atomic E-state index is 12.0. The minimum Gasteiger partial charge on any atom is -0.496 e. The molecule has 0 aromatic heterocycles. The number of methoxy groups -OCH3 is 1. The van der Waals surface area contributed by atoms with Crippen LogP contribution in [0.4, 0.5) is 5.69 Å². The van der Waals surface area contributed by atoms with E-state index in [1.807, 2.05) is 39.1 Å². The maximum Gasteiger partial charge on any atom is 0.228 e. The standard InChI is InChI=1S/C14H22N2O2/c1-5-11(9-15-3)14(17)16-12-6-7-13(18-4)10(2)8-12/h6-8,11,15H,5,9H2,1-4H3,(H,16,17). The molecule has 1 rings (SSSR count). The Balaban J connectivity index is 2.72. The van der Waals surface area contributed by atoms with E-state index in [-0.39, 0.29) is 11.8 Å². The summed E-state index contributed by atoms with van der Waals surface area (Å²) in [6, 6.07) is 5.64. The largest absolute Gasteiger partial charge is 0.496 e. The zero-order valence-corrected chi connectivity index (χ0v) is 11.5. The average Bonchev–Trinajstić information content (AvgIpc) is 2.36. The van der Waals surface area contributed by atoms with Crippen molar-refractivity contribution in [1.82, 2.24) is 5.32 Å². The maximum atomic E-state index is 12.0. The minimum absolute atomic E-state index is 0.00240. The van der Waals surface area contributed by atoms with Crippen molar-refractivity contribution >= 4 is 11.6 Å². The molecule has 1 atom stereocenters. The number of hydrogen-bond donors (Lipinski definition) is 2. The van der Waals surface area contributed by atoms with Crippen molar-refractivity contribution in [3.05, 3.63) is 23.8 Å². The molecule has 0 saturated carbocycles. The molecule has 0 saturated heterocycles. The first-order valence-electron chi connectivity index (χ1n) is 6.22. The van der Waals surface area contributed by atoms with Gasteiger partial charge in [-0.3, -0.25) is 4.79 Å². The highest BCUT2D eigenvalue weighted by Crippen LogP contribution is 2.21. The summed E-state index contributed by atoms with van der Waals surface area (Å²) in [5.41, 5.74) is 1.82. The van der Waals surface area contributed by atoms with Crippen LogP contribution in [0.25, 0.3) is 0 Å². The van der Waals surface area contributed by atoms with Crippen LogP contribution in [0.2, 0.25) is 0 Å². The van der Waals surface area contributed by atoms with Gasteiger partial charge in [0, 0.05) is 12.2 Å². The Labute approximate surface area is 109 Å². The van der Waals surface area contributed by atoms with Crippen LogP contribution in [0.15, 0.2) is 18.2 Å². The second-order valence-electron chi connectivity index (χ2n) is 4.34. The number of carbonyl (C=O) groups is 1. The van der Waals surface area contributed by atoms with Crippen molar-refractivity contribution in [1.29, 1.82) is 0 Å². The highest BCUT2D eigenvalue weighted by atomic mass is 16.5. The normalized spacial score (nSPS) is 12.0. The van der Waals surface area contributed by atoms with Crippen molar-refractivity contribution in [2.75, 3.05) is 26.0 Å². The summed E-state index contributed by atoms with van der Waals surface area (Å²) in [5.74, 6) is 0.879. The van der Waals surface area contributed by atoms with Crippen LogP contribution in [0.1, 0.15) is 18.9 Å². The van der Waals surface area contributed by atoms with Crippen molar-refractivity contribution < 1.29 is 9.53 Å². The summed E-state index contributed by atoms with van der Waals surface area (Å²) in [6.45, 7) is 4.66. The Hall–Kier alpha value is -1.55. The van der Waals surface area contributed by atoms with Crippen molar-refractivity contribution in [3.63, 3.8) is 0 Å². The number of nitrogens with one attached hydrogen (secondary N) is 2. The van der Waals surface area contributed by atoms with E-state index >= 15 is 0 Å². The van der Waals surface area contributed by atoms with Gasteiger partial charge in [0.15, 0.2) is 0 Å². The molecule has 4 heteroatoms. The zero-order chi connectivity index (χ0) is 13.5. The quantitative estimate of drug-likeness (QED) is 0.813. The molecule has 1 amide bonds. The summed E-state index contributed by atoms with van der Waals surface area (Å²) in [5, 5.41) is 5.97. The third-order valence-electron chi connectivity index (χ3n) is 2.98. The fourth-order valence-corrected chi connectivity index (χ4v) is 1.87. The topological polar surface area (TPSA) is 50.4 Å². The number of aryl methyl sites for hydroxylation is 1. The first-order chi connectivity index (χ1) is 8.62. The van der Waals surface area contributed by atoms with Crippen molar-refractivity contribution in [2.24, 2.45) is 5.92 Å². The molecule has 0 fully saturated rings. The molecule has 0 bridgehead atoms. The molecule has 100 valence electrons. The number of rotatable bonds is 6. The first kappa shape index (κ1) is 14.5. The van der Waals surface area contributed by atoms with Gasteiger partial charge in [-0.05, 0) is 44.2 Å². The van der Waals surface area contributed by atoms with E-state index in [2.05, 4.69) is 10.6 Å². The van der Waals surface area contributed by atoms with E-state index in [1.54, 1.807) is 7.11 Å². The van der Waals surface area contributed by atoms with E-state index in [9.17, 15) is 4.79 Å². The van der Waals surface area contributed by atoms with E-state index in [1.165, 1.54) is 0 Å². The van der Waals surface area contributed by atoms with Gasteiger partial charge < -0.3 is 15.4 Å². The van der Waals surface area contributed by atoms with Crippen LogP contribution in [0.3, 0.4) is 0 Å². The van der Waals surface area contributed by atoms with Crippen molar-refractivity contribution in [3.8, 4) is 5.75 Å². The number of hydrogen-bond acceptors (Lipinski definition) is 3. The number of anilines is 1. The third kappa shape index (κ3) is 3.74. The number of benzene rings is 1. The fourth-order valence-electron chi connectivity index (χ4n) is 1.87. The van der Waals surface area contributed by atoms with E-state index in [4.69, 9.17) is 4.74 Å². The lowest BCUT2D eigenvalue weighted by Crippen LogP contribution is -2.30. The lowest BCUT2D eigenvalue weighted by molar-refractivity contribution is -0.119. The van der Waals surface area contributed by atoms with Crippen LogP contribution >= 0.6 is 0 Å². The monoisotopic (exact) mass is 250 g/mol. The summed E-state index contributed by atoms with van der Waals surface area (Å²) in [6.07, 6.45) is 0.821. The van der Waals surface area contributed by atoms with Crippen LogP contribution in [-0.2, 0) is 4.79 Å². The Morgan fingerprint density at radius 3 is 2.67 bits per heavy atom. The van der Waals surface area contributed by atoms with Crippen LogP contribution in [0, 0.1) is 12.8 Å². The lowest BCUT2D eigenvalue weighted by atomic mass is 10.1. The molecule has 1 unspecified atom stereocenters. The molecule has 0 spiro atoms. The molecule has 2 N–H and O–H groups in total. The summed E-state index contributed by atoms with van der Waals surface area (Å²) in [7, 11) is 3.49. The molecule has 0 radical (unpaired) electrons. The highest BCUT2D eigenvalue weighted by Gasteiger charge is 2.15. The smallest absolute Gasteiger partial charge is 0.228 e. The molecule has 4 nitrogen and oxygen atoms in total. The van der Waals surface area contributed by atoms with Gasteiger partial charge in [0.1, 0.15) is 5.75 Å². The Morgan fingerprint density at radius 2 is 2.17 bits per heavy atom. The molecule has 0 heterocycles. The molecule has 0 aliphatic rings. The average molecular weight is 250 g/mol. The molecule has 0 aliphatic carbocycles. The van der Waals surface area contributed by atoms with Gasteiger partial charge in [0.05, 0.1) is 13.0 Å². The third-order valence-corrected chi connectivity index (χ3v) is 2.98. The fraction of sp³-hybridized carbons (Fsp3) is 0.500. The van der Waals surface area contributed by atoms with Gasteiger partial charge in [0.25, 0.3) is 0 Å².